The standard InChI is InChI=1S/C12H14O9S.Na/c1-5(13)10-8(11(15)16)3-7(22(18,19)20)4-9(10)12(17)21-6(2)14;/h3-6,13-14H,1-2H3,(H,15,16)(H,18,19,20);/q;+1/p-1. The van der Waals surface area contributed by atoms with Crippen molar-refractivity contribution < 1.29 is 72.2 Å². The first-order valence-corrected chi connectivity index (χ1v) is 7.33. The van der Waals surface area contributed by atoms with Gasteiger partial charge in [-0.05, 0) is 26.0 Å². The summed E-state index contributed by atoms with van der Waals surface area (Å²) in [5.74, 6) is -3.15. The van der Waals surface area contributed by atoms with Crippen molar-refractivity contribution in [3.05, 3.63) is 28.8 Å². The third-order valence-corrected chi connectivity index (χ3v) is 3.42. The van der Waals surface area contributed by atoms with E-state index >= 15 is 0 Å². The summed E-state index contributed by atoms with van der Waals surface area (Å²) < 4.78 is 35.8. The third-order valence-electron chi connectivity index (χ3n) is 2.59. The van der Waals surface area contributed by atoms with Crippen molar-refractivity contribution >= 4 is 22.1 Å². The van der Waals surface area contributed by atoms with Crippen molar-refractivity contribution in [2.24, 2.45) is 0 Å². The van der Waals surface area contributed by atoms with E-state index in [0.717, 1.165) is 13.8 Å². The van der Waals surface area contributed by atoms with E-state index in [1.54, 1.807) is 0 Å². The monoisotopic (exact) mass is 356 g/mol. The van der Waals surface area contributed by atoms with Gasteiger partial charge in [0, 0.05) is 11.1 Å². The molecule has 11 heteroatoms. The molecule has 1 aromatic rings. The summed E-state index contributed by atoms with van der Waals surface area (Å²) in [4.78, 5) is 22.1. The molecule has 2 atom stereocenters. The summed E-state index contributed by atoms with van der Waals surface area (Å²) in [6.07, 6.45) is -3.05. The Balaban J connectivity index is 0.00000484. The molecular formula is C12H13NaO9S. The number of esters is 1. The van der Waals surface area contributed by atoms with Gasteiger partial charge in [0.2, 0.25) is 0 Å². The second-order valence-corrected chi connectivity index (χ2v) is 5.80. The van der Waals surface area contributed by atoms with E-state index in [1.165, 1.54) is 0 Å². The van der Waals surface area contributed by atoms with E-state index in [0.29, 0.717) is 12.1 Å². The van der Waals surface area contributed by atoms with Gasteiger partial charge in [-0.2, -0.15) is 8.42 Å². The zero-order chi connectivity index (χ0) is 17.2. The van der Waals surface area contributed by atoms with Crippen LogP contribution < -0.4 is 34.7 Å². The van der Waals surface area contributed by atoms with Crippen LogP contribution in [-0.2, 0) is 14.9 Å². The molecule has 0 aromatic heterocycles. The first-order chi connectivity index (χ1) is 9.95. The van der Waals surface area contributed by atoms with Crippen molar-refractivity contribution in [2.75, 3.05) is 0 Å². The SMILES string of the molecule is CC(O)OC(=O)c1cc(S(=O)(=O)O)cc(C(=O)[O-])c1C(C)O.[Na+]. The molecule has 0 radical (unpaired) electrons. The molecule has 0 bridgehead atoms. The van der Waals surface area contributed by atoms with Gasteiger partial charge in [0.05, 0.1) is 22.5 Å². The molecule has 122 valence electrons. The van der Waals surface area contributed by atoms with Gasteiger partial charge in [0.25, 0.3) is 10.1 Å². The molecule has 0 aliphatic carbocycles. The Morgan fingerprint density at radius 2 is 1.65 bits per heavy atom. The first kappa shape index (κ1) is 22.0. The van der Waals surface area contributed by atoms with E-state index in [9.17, 15) is 28.2 Å². The largest absolute Gasteiger partial charge is 1.00 e. The smallest absolute Gasteiger partial charge is 0.545 e. The number of hydrogen-bond donors (Lipinski definition) is 3. The van der Waals surface area contributed by atoms with Gasteiger partial charge in [0.1, 0.15) is 0 Å². The van der Waals surface area contributed by atoms with Crippen LogP contribution in [-0.4, -0.2) is 41.4 Å². The fraction of sp³-hybridized carbons (Fsp3) is 0.333. The first-order valence-electron chi connectivity index (χ1n) is 5.89. The third kappa shape index (κ3) is 5.53. The van der Waals surface area contributed by atoms with Gasteiger partial charge < -0.3 is 24.9 Å². The zero-order valence-corrected chi connectivity index (χ0v) is 15.3. The quantitative estimate of drug-likeness (QED) is 0.206. The minimum Gasteiger partial charge on any atom is -0.545 e. The molecule has 0 aliphatic rings. The summed E-state index contributed by atoms with van der Waals surface area (Å²) >= 11 is 0. The number of benzene rings is 1. The van der Waals surface area contributed by atoms with E-state index in [4.69, 9.17) is 9.66 Å². The van der Waals surface area contributed by atoms with Gasteiger partial charge in [-0.3, -0.25) is 4.55 Å². The maximum atomic E-state index is 11.9. The van der Waals surface area contributed by atoms with Crippen LogP contribution in [0.2, 0.25) is 0 Å². The molecule has 0 fully saturated rings. The van der Waals surface area contributed by atoms with Crippen molar-refractivity contribution in [3.63, 3.8) is 0 Å². The van der Waals surface area contributed by atoms with Crippen LogP contribution in [0, 0.1) is 0 Å². The van der Waals surface area contributed by atoms with Crippen molar-refractivity contribution in [1.29, 1.82) is 0 Å². The summed E-state index contributed by atoms with van der Waals surface area (Å²) in [7, 11) is -4.83. The fourth-order valence-electron chi connectivity index (χ4n) is 1.78. The van der Waals surface area contributed by atoms with Crippen LogP contribution in [0.3, 0.4) is 0 Å². The second kappa shape index (κ2) is 8.20. The van der Waals surface area contributed by atoms with Gasteiger partial charge in [-0.25, -0.2) is 4.79 Å². The molecule has 0 saturated heterocycles. The summed E-state index contributed by atoms with van der Waals surface area (Å²) in [6, 6.07) is 1.18. The maximum Gasteiger partial charge on any atom is 1.00 e. The fourth-order valence-corrected chi connectivity index (χ4v) is 2.32. The molecule has 1 aromatic carbocycles. The van der Waals surface area contributed by atoms with E-state index in [1.807, 2.05) is 0 Å². The van der Waals surface area contributed by atoms with Crippen LogP contribution in [0.15, 0.2) is 17.0 Å². The van der Waals surface area contributed by atoms with Crippen LogP contribution in [0.5, 0.6) is 0 Å². The Kier molecular flexibility index (Phi) is 7.84. The van der Waals surface area contributed by atoms with Gasteiger partial charge in [-0.1, -0.05) is 0 Å². The summed E-state index contributed by atoms with van der Waals surface area (Å²) in [5.41, 5.74) is -1.90. The Labute approximate surface area is 153 Å². The number of carboxylic acids is 1. The number of aliphatic hydroxyl groups is 2. The minimum atomic E-state index is -4.83. The number of ether oxygens (including phenoxy) is 1. The zero-order valence-electron chi connectivity index (χ0n) is 12.5. The Morgan fingerprint density at radius 1 is 1.17 bits per heavy atom. The average molecular weight is 356 g/mol. The Morgan fingerprint density at radius 3 is 2.00 bits per heavy atom. The molecule has 9 nitrogen and oxygen atoms in total. The van der Waals surface area contributed by atoms with Crippen molar-refractivity contribution in [1.82, 2.24) is 0 Å². The van der Waals surface area contributed by atoms with E-state index in [-0.39, 0.29) is 29.6 Å². The van der Waals surface area contributed by atoms with Crippen molar-refractivity contribution in [3.8, 4) is 0 Å². The molecule has 1 rings (SSSR count). The molecule has 0 spiro atoms. The molecule has 2 unspecified atom stereocenters. The number of hydrogen-bond acceptors (Lipinski definition) is 8. The average Bonchev–Trinajstić information content (AvgIpc) is 2.34. The van der Waals surface area contributed by atoms with E-state index in [2.05, 4.69) is 4.74 Å². The number of carbonyl (C=O) groups is 2. The van der Waals surface area contributed by atoms with Gasteiger partial charge in [0.15, 0.2) is 6.29 Å². The number of carboxylic acid groups (broad SMARTS) is 1. The summed E-state index contributed by atoms with van der Waals surface area (Å²) in [5, 5.41) is 29.8. The molecule has 0 saturated carbocycles. The second-order valence-electron chi connectivity index (χ2n) is 4.38. The number of aromatic carboxylic acids is 1. The molecule has 0 aliphatic heterocycles. The predicted molar refractivity (Wildman–Crippen MR) is 68.3 cm³/mol. The van der Waals surface area contributed by atoms with Gasteiger partial charge in [-0.15, -0.1) is 0 Å². The molecular weight excluding hydrogens is 343 g/mol. The molecule has 23 heavy (non-hydrogen) atoms. The number of aliphatic hydroxyl groups excluding tert-OH is 2. The van der Waals surface area contributed by atoms with Crippen LogP contribution in [0.1, 0.15) is 46.2 Å². The van der Waals surface area contributed by atoms with E-state index < -0.39 is 56.0 Å². The number of rotatable bonds is 5. The van der Waals surface area contributed by atoms with Crippen LogP contribution in [0.25, 0.3) is 0 Å². The minimum absolute atomic E-state index is 0. The molecule has 0 heterocycles. The maximum absolute atomic E-state index is 11.9. The Hall–Kier alpha value is -1.01. The number of carbonyl (C=O) groups excluding carboxylic acids is 2. The van der Waals surface area contributed by atoms with Crippen molar-refractivity contribution in [2.45, 2.75) is 31.1 Å². The topological polar surface area (TPSA) is 161 Å². The van der Waals surface area contributed by atoms with Crippen LogP contribution in [0.4, 0.5) is 0 Å². The Bertz CT molecular complexity index is 709. The molecule has 0 amide bonds. The normalized spacial score (nSPS) is 13.6. The molecule has 3 N–H and O–H groups in total. The predicted octanol–water partition coefficient (Wildman–Crippen LogP) is -4.15. The van der Waals surface area contributed by atoms with Gasteiger partial charge >= 0.3 is 35.5 Å². The van der Waals surface area contributed by atoms with Crippen LogP contribution >= 0.6 is 0 Å². The summed E-state index contributed by atoms with van der Waals surface area (Å²) in [6.45, 7) is 2.22.